The van der Waals surface area contributed by atoms with Crippen LogP contribution in [0.25, 0.3) is 0 Å². The van der Waals surface area contributed by atoms with Crippen LogP contribution in [-0.2, 0) is 52.2 Å². The fourth-order valence-corrected chi connectivity index (χ4v) is 10.6. The lowest BCUT2D eigenvalue weighted by Gasteiger charge is -2.47. The van der Waals surface area contributed by atoms with Crippen molar-refractivity contribution in [2.75, 3.05) is 33.5 Å². The Labute approximate surface area is 493 Å². The average Bonchev–Trinajstić information content (AvgIpc) is 3.67. The summed E-state index contributed by atoms with van der Waals surface area (Å²) in [4.78, 5) is 10.9. The summed E-state index contributed by atoms with van der Waals surface area (Å²) in [6.07, 6.45) is -7.76. The van der Waals surface area contributed by atoms with Crippen LogP contribution in [0.4, 0.5) is 0 Å². The molecule has 2 aromatic carbocycles. The van der Waals surface area contributed by atoms with Gasteiger partial charge in [-0.2, -0.15) is 0 Å². The van der Waals surface area contributed by atoms with E-state index in [1.807, 2.05) is 102 Å². The molecule has 0 saturated carbocycles. The van der Waals surface area contributed by atoms with E-state index < -0.39 is 68.0 Å². The molecule has 11 N–H and O–H groups in total. The highest BCUT2D eigenvalue weighted by Crippen LogP contribution is 2.40. The SMILES string of the molecule is CC.CC1[C@H](C)OC(CO)[C@@H](O)[C@@H]1O.CC1[C@H](C)OC2COC(c3ccccc3)O[C@H]2[C@@H]1C.CC1[C@H](C)OC2COC(c3ccccc3)O[C@H]2[C@@H]1O.CCC1O[C@@H](OC(C)=O)C(C)[C@@H](C)[C@@H]1C.CO.Cl.NC1C(O)OC(CO)[C@@H](O)[C@@H]1O. The summed E-state index contributed by atoms with van der Waals surface area (Å²) >= 11 is 0. The van der Waals surface area contributed by atoms with Crippen molar-refractivity contribution in [3.05, 3.63) is 71.8 Å². The van der Waals surface area contributed by atoms with E-state index in [0.717, 1.165) is 24.7 Å². The molecule has 13 unspecified atom stereocenters. The molecule has 9 rings (SSSR count). The molecule has 2 aromatic rings. The maximum atomic E-state index is 10.9. The zero-order valence-corrected chi connectivity index (χ0v) is 51.7. The normalized spacial score (nSPS) is 41.9. The van der Waals surface area contributed by atoms with E-state index in [1.165, 1.54) is 6.92 Å². The van der Waals surface area contributed by atoms with Crippen molar-refractivity contribution >= 4 is 18.4 Å². The molecule has 7 heterocycles. The summed E-state index contributed by atoms with van der Waals surface area (Å²) in [5.41, 5.74) is 7.32. The molecule has 0 spiro atoms. The molecular weight excluding hydrogens is 1090 g/mol. The predicted molar refractivity (Wildman–Crippen MR) is 308 cm³/mol. The average molecular weight is 1190 g/mol. The first-order valence-corrected chi connectivity index (χ1v) is 29.0. The second-order valence-corrected chi connectivity index (χ2v) is 22.0. The van der Waals surface area contributed by atoms with Crippen molar-refractivity contribution < 1.29 is 98.1 Å². The molecule has 0 aliphatic carbocycles. The van der Waals surface area contributed by atoms with Crippen molar-refractivity contribution in [2.24, 2.45) is 47.2 Å². The van der Waals surface area contributed by atoms with Crippen LogP contribution in [0.1, 0.15) is 127 Å². The van der Waals surface area contributed by atoms with Gasteiger partial charge in [0.2, 0.25) is 6.29 Å². The Balaban J connectivity index is 0.000000348. The highest BCUT2D eigenvalue weighted by atomic mass is 35.5. The number of benzene rings is 2. The molecule has 21 nitrogen and oxygen atoms in total. The summed E-state index contributed by atoms with van der Waals surface area (Å²) in [6, 6.07) is 18.9. The van der Waals surface area contributed by atoms with Crippen LogP contribution in [0.2, 0.25) is 0 Å². The van der Waals surface area contributed by atoms with Gasteiger partial charge in [-0.25, -0.2) is 0 Å². The third-order valence-corrected chi connectivity index (χ3v) is 16.9. The zero-order chi connectivity index (χ0) is 61.0. The van der Waals surface area contributed by atoms with E-state index in [0.29, 0.717) is 36.9 Å². The number of fused-ring (bicyclic) bond motifs is 2. The number of hydrogen-bond acceptors (Lipinski definition) is 21. The third kappa shape index (κ3) is 20.3. The van der Waals surface area contributed by atoms with Gasteiger partial charge in [-0.3, -0.25) is 4.79 Å². The molecule has 0 bridgehead atoms. The standard InChI is InChI=1S/C16H22O3.C15H20O4.C12H22O3.C8H16O4.C6H13NO5.C2H6.CH4O.ClH/c1-10-11(2)15-14(18-12(10)3)9-17-16(19-15)13-7-5-4-6-8-13;1-9-10(2)18-12-8-17-15(19-14(12)13(9)16)11-6-4-3-5-7-11;1-6-11-8(3)7(2)9(4)12(15-11)14-10(5)13;1-4-5(2)12-6(3-9)8(11)7(4)10;7-3-5(10)4(9)2(1-8)12-6(3)11;2*1-2;/h4-8,10-12,14-16H,9H2,1-3H3;3-7,9-10,12-16H,8H2,1-2H3;7-9,11-12H,6H2,1-5H3;4-11H,3H2,1-2H3;2-6,8-11H,1,7H2;1-2H3;2H,1H3;1H/t10?,11-,12+,14?,15+,16?;9?,10-,12?,13+,14+,15?;7-,8-,9?,11?,12+;4?,5-,6?,7+,8+;2?,3?,4-,5-,6?;;;/m10001.../s1. The van der Waals surface area contributed by atoms with Crippen LogP contribution in [0.3, 0.4) is 0 Å². The molecule has 0 radical (unpaired) electrons. The molecule has 476 valence electrons. The van der Waals surface area contributed by atoms with Crippen LogP contribution in [0, 0.1) is 41.4 Å². The van der Waals surface area contributed by atoms with E-state index in [4.69, 9.17) is 73.5 Å². The van der Waals surface area contributed by atoms with Gasteiger partial charge in [0.1, 0.15) is 48.8 Å². The van der Waals surface area contributed by atoms with Gasteiger partial charge >= 0.3 is 5.97 Å². The molecule has 0 aromatic heterocycles. The molecule has 22 heteroatoms. The van der Waals surface area contributed by atoms with Crippen LogP contribution >= 0.6 is 12.4 Å². The van der Waals surface area contributed by atoms with Crippen LogP contribution in [0.5, 0.6) is 0 Å². The first kappa shape index (κ1) is 75.5. The zero-order valence-electron chi connectivity index (χ0n) is 50.9. The minimum Gasteiger partial charge on any atom is -0.436 e. The summed E-state index contributed by atoms with van der Waals surface area (Å²) < 4.78 is 56.4. The Morgan fingerprint density at radius 1 is 0.512 bits per heavy atom. The highest BCUT2D eigenvalue weighted by molar-refractivity contribution is 5.85. The number of esters is 1. The van der Waals surface area contributed by atoms with Gasteiger partial charge in [-0.15, -0.1) is 12.4 Å². The number of nitrogens with two attached hydrogens (primary N) is 1. The van der Waals surface area contributed by atoms with E-state index >= 15 is 0 Å². The molecule has 7 saturated heterocycles. The van der Waals surface area contributed by atoms with E-state index in [9.17, 15) is 30.3 Å². The fraction of sp³-hybridized carbons (Fsp3) is 0.783. The molecule has 7 fully saturated rings. The van der Waals surface area contributed by atoms with E-state index in [-0.39, 0.29) is 104 Å². The number of ether oxygens (including phenoxy) is 10. The predicted octanol–water partition coefficient (Wildman–Crippen LogP) is 4.56. The highest BCUT2D eigenvalue weighted by Gasteiger charge is 2.48. The van der Waals surface area contributed by atoms with Crippen molar-refractivity contribution in [3.8, 4) is 0 Å². The second kappa shape index (κ2) is 37.2. The maximum Gasteiger partial charge on any atom is 0.304 e. The Morgan fingerprint density at radius 2 is 0.939 bits per heavy atom. The minimum atomic E-state index is -1.35. The number of halogens is 1. The van der Waals surface area contributed by atoms with E-state index in [2.05, 4.69) is 48.5 Å². The van der Waals surface area contributed by atoms with Gasteiger partial charge in [0.25, 0.3) is 0 Å². The van der Waals surface area contributed by atoms with Gasteiger partial charge in [0.15, 0.2) is 18.9 Å². The largest absolute Gasteiger partial charge is 0.436 e. The molecule has 7 aliphatic heterocycles. The fourth-order valence-electron chi connectivity index (χ4n) is 10.6. The van der Waals surface area contributed by atoms with Gasteiger partial charge in [-0.05, 0) is 50.9 Å². The van der Waals surface area contributed by atoms with Crippen LogP contribution < -0.4 is 5.73 Å². The second-order valence-electron chi connectivity index (χ2n) is 22.0. The first-order chi connectivity index (χ1) is 38.4. The maximum absolute atomic E-state index is 10.9. The summed E-state index contributed by atoms with van der Waals surface area (Å²) in [7, 11) is 1.00. The third-order valence-electron chi connectivity index (χ3n) is 16.9. The lowest BCUT2D eigenvalue weighted by molar-refractivity contribution is -0.318. The molecular formula is C60H104ClNO20. The van der Waals surface area contributed by atoms with Crippen molar-refractivity contribution in [3.63, 3.8) is 0 Å². The summed E-state index contributed by atoms with van der Waals surface area (Å²) in [5, 5.41) is 81.1. The lowest BCUT2D eigenvalue weighted by atomic mass is 9.78. The molecule has 0 amide bonds. The summed E-state index contributed by atoms with van der Waals surface area (Å²) in [5.74, 6) is 2.03. The quantitative estimate of drug-likeness (QED) is 0.177. The van der Waals surface area contributed by atoms with Gasteiger partial charge in [-0.1, -0.05) is 130 Å². The molecule has 7 aliphatic rings. The number of carbonyl (C=O) groups excluding carboxylic acids is 1. The topological polar surface area (TPSA) is 317 Å². The Hall–Kier alpha value is -2.56. The van der Waals surface area contributed by atoms with Crippen molar-refractivity contribution in [1.82, 2.24) is 0 Å². The van der Waals surface area contributed by atoms with Crippen LogP contribution in [-0.4, -0.2) is 196 Å². The molecule has 82 heavy (non-hydrogen) atoms. The number of aliphatic hydroxyl groups excluding tert-OH is 9. The first-order valence-electron chi connectivity index (χ1n) is 29.0. The van der Waals surface area contributed by atoms with Gasteiger partial charge < -0.3 is 99.1 Å². The Morgan fingerprint density at radius 3 is 1.41 bits per heavy atom. The number of carbonyl (C=O) groups is 1. The lowest BCUT2D eigenvalue weighted by Crippen LogP contribution is -2.61. The summed E-state index contributed by atoms with van der Waals surface area (Å²) in [6.45, 7) is 28.6. The van der Waals surface area contributed by atoms with E-state index in [1.54, 1.807) is 0 Å². The number of rotatable bonds is 6. The Bertz CT molecular complexity index is 1880. The molecule has 27 atom stereocenters. The van der Waals surface area contributed by atoms with Crippen molar-refractivity contribution in [1.29, 1.82) is 0 Å². The Kier molecular flexibility index (Phi) is 34.3. The monoisotopic (exact) mass is 1190 g/mol. The number of aliphatic hydroxyl groups is 9. The van der Waals surface area contributed by atoms with Crippen molar-refractivity contribution in [2.45, 2.75) is 226 Å². The van der Waals surface area contributed by atoms with Gasteiger partial charge in [0.05, 0.1) is 75.2 Å². The number of hydrogen-bond donors (Lipinski definition) is 10. The smallest absolute Gasteiger partial charge is 0.304 e. The minimum absolute atomic E-state index is 0. The van der Waals surface area contributed by atoms with Gasteiger partial charge in [0, 0.05) is 42.9 Å². The van der Waals surface area contributed by atoms with Crippen LogP contribution in [0.15, 0.2) is 60.7 Å².